The maximum absolute atomic E-state index is 13.4. The summed E-state index contributed by atoms with van der Waals surface area (Å²) in [6.45, 7) is 0. The molecule has 0 fully saturated rings. The molecule has 3 rings (SSSR count). The van der Waals surface area contributed by atoms with Gasteiger partial charge in [-0.25, -0.2) is 22.8 Å². The van der Waals surface area contributed by atoms with Crippen LogP contribution in [0.1, 0.15) is 11.4 Å². The van der Waals surface area contributed by atoms with Gasteiger partial charge in [-0.05, 0) is 29.8 Å². The molecule has 0 atom stereocenters. The van der Waals surface area contributed by atoms with E-state index in [1.807, 2.05) is 5.43 Å². The highest BCUT2D eigenvalue weighted by atomic mass is 19.4. The van der Waals surface area contributed by atoms with Crippen LogP contribution in [-0.4, -0.2) is 21.7 Å². The minimum atomic E-state index is -4.78. The van der Waals surface area contributed by atoms with Gasteiger partial charge >= 0.3 is 6.18 Å². The normalized spacial score (nSPS) is 11.7. The molecule has 2 aromatic carbocycles. The summed E-state index contributed by atoms with van der Waals surface area (Å²) < 4.78 is 78.8. The van der Waals surface area contributed by atoms with Gasteiger partial charge in [0.2, 0.25) is 5.91 Å². The van der Waals surface area contributed by atoms with Gasteiger partial charge < -0.3 is 0 Å². The van der Waals surface area contributed by atoms with Crippen molar-refractivity contribution in [3.05, 3.63) is 75.6 Å². The molecule has 0 bridgehead atoms. The Balaban J connectivity index is 2.01. The zero-order valence-corrected chi connectivity index (χ0v) is 14.4. The van der Waals surface area contributed by atoms with Crippen molar-refractivity contribution >= 4 is 16.8 Å². The molecule has 0 spiro atoms. The largest absolute Gasteiger partial charge is 0.396 e. The molecule has 0 unspecified atom stereocenters. The van der Waals surface area contributed by atoms with E-state index in [0.717, 1.165) is 30.3 Å². The number of nitrogens with one attached hydrogen (secondary N) is 1. The van der Waals surface area contributed by atoms with E-state index >= 15 is 0 Å². The maximum Gasteiger partial charge on any atom is 0.396 e. The van der Waals surface area contributed by atoms with Gasteiger partial charge in [-0.2, -0.15) is 13.2 Å². The van der Waals surface area contributed by atoms with Crippen molar-refractivity contribution in [2.45, 2.75) is 19.0 Å². The number of nitrogens with zero attached hydrogens (tertiary/aromatic N) is 2. The van der Waals surface area contributed by atoms with E-state index in [2.05, 4.69) is 4.98 Å². The second kappa shape index (κ2) is 7.57. The standard InChI is InChI=1S/C18H11F6N3O2/c19-10-1-2-13-14(7-10)25-15(8-18(22,23)24)27(17(13)29)26-16(28)5-9-3-11(20)6-12(21)4-9/h1-4,6-7H,5,8H2,(H,26,28). The lowest BCUT2D eigenvalue weighted by Gasteiger charge is -2.15. The van der Waals surface area contributed by atoms with E-state index in [0.29, 0.717) is 10.7 Å². The molecule has 0 aliphatic heterocycles. The van der Waals surface area contributed by atoms with Gasteiger partial charge in [0.25, 0.3) is 5.56 Å². The van der Waals surface area contributed by atoms with E-state index in [9.17, 15) is 35.9 Å². The second-order valence-electron chi connectivity index (χ2n) is 6.11. The van der Waals surface area contributed by atoms with Crippen molar-refractivity contribution in [1.29, 1.82) is 0 Å². The summed E-state index contributed by atoms with van der Waals surface area (Å²) in [7, 11) is 0. The smallest absolute Gasteiger partial charge is 0.273 e. The summed E-state index contributed by atoms with van der Waals surface area (Å²) in [6.07, 6.45) is -7.07. The number of fused-ring (bicyclic) bond motifs is 1. The molecular formula is C18H11F6N3O2. The lowest BCUT2D eigenvalue weighted by Crippen LogP contribution is -2.38. The number of rotatable bonds is 4. The Morgan fingerprint density at radius 2 is 1.66 bits per heavy atom. The Bertz CT molecular complexity index is 1140. The van der Waals surface area contributed by atoms with Crippen LogP contribution in [-0.2, 0) is 17.6 Å². The quantitative estimate of drug-likeness (QED) is 0.666. The number of carbonyl (C=O) groups excluding carboxylic acids is 1. The molecule has 152 valence electrons. The van der Waals surface area contributed by atoms with Crippen LogP contribution in [0.3, 0.4) is 0 Å². The van der Waals surface area contributed by atoms with Crippen LogP contribution in [0.15, 0.2) is 41.2 Å². The minimum absolute atomic E-state index is 0.0961. The van der Waals surface area contributed by atoms with Crippen molar-refractivity contribution in [2.75, 3.05) is 5.43 Å². The van der Waals surface area contributed by atoms with E-state index in [4.69, 9.17) is 0 Å². The van der Waals surface area contributed by atoms with Crippen LogP contribution >= 0.6 is 0 Å². The summed E-state index contributed by atoms with van der Waals surface area (Å²) >= 11 is 0. The predicted molar refractivity (Wildman–Crippen MR) is 90.1 cm³/mol. The van der Waals surface area contributed by atoms with Gasteiger partial charge in [0.05, 0.1) is 17.3 Å². The molecule has 0 aliphatic carbocycles. The molecule has 1 amide bonds. The van der Waals surface area contributed by atoms with Crippen molar-refractivity contribution in [3.8, 4) is 0 Å². The highest BCUT2D eigenvalue weighted by Gasteiger charge is 2.31. The topological polar surface area (TPSA) is 64.0 Å². The summed E-state index contributed by atoms with van der Waals surface area (Å²) in [6, 6.07) is 5.03. The number of benzene rings is 2. The van der Waals surface area contributed by atoms with Gasteiger partial charge in [0.1, 0.15) is 29.7 Å². The highest BCUT2D eigenvalue weighted by molar-refractivity contribution is 5.86. The first-order valence-electron chi connectivity index (χ1n) is 8.04. The molecule has 3 aromatic rings. The van der Waals surface area contributed by atoms with Crippen LogP contribution in [0, 0.1) is 17.5 Å². The van der Waals surface area contributed by atoms with Gasteiger partial charge in [-0.1, -0.05) is 0 Å². The number of hydrogen-bond donors (Lipinski definition) is 1. The average molecular weight is 415 g/mol. The Hall–Kier alpha value is -3.37. The first-order valence-corrected chi connectivity index (χ1v) is 8.04. The van der Waals surface area contributed by atoms with Crippen LogP contribution in [0.25, 0.3) is 10.9 Å². The number of hydrogen-bond acceptors (Lipinski definition) is 3. The summed E-state index contributed by atoms with van der Waals surface area (Å²) in [5.74, 6) is -4.59. The first kappa shape index (κ1) is 20.4. The summed E-state index contributed by atoms with van der Waals surface area (Å²) in [5.41, 5.74) is 0.489. The van der Waals surface area contributed by atoms with E-state index in [1.54, 1.807) is 0 Å². The average Bonchev–Trinajstić information content (AvgIpc) is 2.55. The third-order valence-electron chi connectivity index (χ3n) is 3.78. The molecule has 1 N–H and O–H groups in total. The van der Waals surface area contributed by atoms with Crippen molar-refractivity contribution < 1.29 is 31.1 Å². The fourth-order valence-corrected chi connectivity index (χ4v) is 2.68. The van der Waals surface area contributed by atoms with Gasteiger partial charge in [-0.15, -0.1) is 0 Å². The van der Waals surface area contributed by atoms with E-state index < -0.39 is 53.8 Å². The molecule has 0 saturated carbocycles. The minimum Gasteiger partial charge on any atom is -0.273 e. The molecule has 11 heteroatoms. The molecule has 1 heterocycles. The second-order valence-corrected chi connectivity index (χ2v) is 6.11. The molecule has 0 radical (unpaired) electrons. The van der Waals surface area contributed by atoms with Crippen molar-refractivity contribution in [1.82, 2.24) is 9.66 Å². The molecule has 0 aliphatic rings. The fourth-order valence-electron chi connectivity index (χ4n) is 2.68. The molecule has 0 saturated heterocycles. The highest BCUT2D eigenvalue weighted by Crippen LogP contribution is 2.21. The molecule has 1 aromatic heterocycles. The zero-order valence-electron chi connectivity index (χ0n) is 14.4. The van der Waals surface area contributed by atoms with Gasteiger partial charge in [-0.3, -0.25) is 15.0 Å². The fraction of sp³-hybridized carbons (Fsp3) is 0.167. The van der Waals surface area contributed by atoms with Crippen molar-refractivity contribution in [2.24, 2.45) is 0 Å². The summed E-state index contributed by atoms with van der Waals surface area (Å²) in [5, 5.41) is -0.227. The van der Waals surface area contributed by atoms with Crippen LogP contribution in [0.2, 0.25) is 0 Å². The Kier molecular flexibility index (Phi) is 5.31. The van der Waals surface area contributed by atoms with Gasteiger partial charge in [0.15, 0.2) is 0 Å². The Labute approximate surface area is 158 Å². The van der Waals surface area contributed by atoms with Crippen molar-refractivity contribution in [3.63, 3.8) is 0 Å². The number of alkyl halides is 3. The number of amides is 1. The SMILES string of the molecule is O=C(Cc1cc(F)cc(F)c1)Nn1c(CC(F)(F)F)nc2cc(F)ccc2c1=O. The monoisotopic (exact) mass is 415 g/mol. The first-order chi connectivity index (χ1) is 13.5. The maximum atomic E-state index is 13.4. The molecule has 5 nitrogen and oxygen atoms in total. The van der Waals surface area contributed by atoms with Crippen LogP contribution < -0.4 is 11.0 Å². The molecule has 29 heavy (non-hydrogen) atoms. The number of halogens is 6. The third kappa shape index (κ3) is 4.92. The van der Waals surface area contributed by atoms with Crippen LogP contribution in [0.5, 0.6) is 0 Å². The third-order valence-corrected chi connectivity index (χ3v) is 3.78. The number of aromatic nitrogens is 2. The zero-order chi connectivity index (χ0) is 21.3. The molecular weight excluding hydrogens is 404 g/mol. The Morgan fingerprint density at radius 1 is 1.00 bits per heavy atom. The summed E-state index contributed by atoms with van der Waals surface area (Å²) in [4.78, 5) is 28.4. The van der Waals surface area contributed by atoms with E-state index in [-0.39, 0.29) is 16.5 Å². The van der Waals surface area contributed by atoms with Gasteiger partial charge in [0, 0.05) is 12.1 Å². The predicted octanol–water partition coefficient (Wildman–Crippen LogP) is 3.23. The van der Waals surface area contributed by atoms with E-state index in [1.165, 1.54) is 0 Å². The Morgan fingerprint density at radius 3 is 2.28 bits per heavy atom. The lowest BCUT2D eigenvalue weighted by atomic mass is 10.1. The lowest BCUT2D eigenvalue weighted by molar-refractivity contribution is -0.129. The van der Waals surface area contributed by atoms with Crippen LogP contribution in [0.4, 0.5) is 26.3 Å². The number of carbonyl (C=O) groups is 1.